The van der Waals surface area contributed by atoms with Gasteiger partial charge in [-0.1, -0.05) is 29.8 Å². The van der Waals surface area contributed by atoms with E-state index >= 15 is 0 Å². The van der Waals surface area contributed by atoms with E-state index < -0.39 is 0 Å². The molecule has 2 N–H and O–H groups in total. The molecule has 0 amide bonds. The van der Waals surface area contributed by atoms with Gasteiger partial charge in [-0.3, -0.25) is 0 Å². The molecule has 0 aliphatic rings. The fraction of sp³-hybridized carbons (Fsp3) is 0. The summed E-state index contributed by atoms with van der Waals surface area (Å²) in [7, 11) is 0. The van der Waals surface area contributed by atoms with Crippen molar-refractivity contribution in [1.29, 1.82) is 5.26 Å². The maximum atomic E-state index is 8.79. The van der Waals surface area contributed by atoms with Crippen LogP contribution in [0.25, 0.3) is 5.69 Å². The van der Waals surface area contributed by atoms with E-state index in [1.807, 2.05) is 36.4 Å². The summed E-state index contributed by atoms with van der Waals surface area (Å²) in [5.41, 5.74) is 6.53. The topological polar surface area (TPSA) is 67.6 Å². The first-order valence-electron chi connectivity index (χ1n) is 4.23. The summed E-state index contributed by atoms with van der Waals surface area (Å²) in [6.45, 7) is 0. The highest BCUT2D eigenvalue weighted by molar-refractivity contribution is 6.31. The van der Waals surface area contributed by atoms with Crippen LogP contribution in [0.4, 0.5) is 5.82 Å². The third-order valence-corrected chi connectivity index (χ3v) is 2.32. The second-order valence-electron chi connectivity index (χ2n) is 2.91. The van der Waals surface area contributed by atoms with Crippen LogP contribution < -0.4 is 5.73 Å². The number of benzene rings is 1. The Labute approximate surface area is 91.5 Å². The monoisotopic (exact) mass is 218 g/mol. The first-order chi connectivity index (χ1) is 7.24. The minimum Gasteiger partial charge on any atom is -0.381 e. The zero-order valence-electron chi connectivity index (χ0n) is 7.68. The molecule has 1 aromatic carbocycles. The zero-order chi connectivity index (χ0) is 10.8. The van der Waals surface area contributed by atoms with E-state index in [-0.39, 0.29) is 16.5 Å². The summed E-state index contributed by atoms with van der Waals surface area (Å²) in [6, 6.07) is 11.2. The van der Waals surface area contributed by atoms with E-state index in [0.29, 0.717) is 0 Å². The molecule has 2 rings (SSSR count). The Morgan fingerprint density at radius 3 is 2.53 bits per heavy atom. The van der Waals surface area contributed by atoms with Crippen molar-refractivity contribution in [3.05, 3.63) is 41.0 Å². The molecule has 2 aromatic rings. The average molecular weight is 219 g/mol. The lowest BCUT2D eigenvalue weighted by Gasteiger charge is -2.00. The molecule has 0 aliphatic heterocycles. The lowest BCUT2D eigenvalue weighted by Crippen LogP contribution is -1.96. The van der Waals surface area contributed by atoms with Gasteiger partial charge in [-0.05, 0) is 12.1 Å². The number of hydrogen-bond acceptors (Lipinski definition) is 3. The molecule has 0 bridgehead atoms. The number of nitriles is 1. The maximum absolute atomic E-state index is 8.79. The van der Waals surface area contributed by atoms with Gasteiger partial charge in [0.15, 0.2) is 11.0 Å². The highest BCUT2D eigenvalue weighted by Gasteiger charge is 2.14. The zero-order valence-corrected chi connectivity index (χ0v) is 8.44. The maximum Gasteiger partial charge on any atom is 0.165 e. The number of hydrogen-bond donors (Lipinski definition) is 1. The number of anilines is 1. The summed E-state index contributed by atoms with van der Waals surface area (Å²) < 4.78 is 1.44. The molecule has 5 heteroatoms. The van der Waals surface area contributed by atoms with Crippen LogP contribution in [-0.4, -0.2) is 9.78 Å². The van der Waals surface area contributed by atoms with Gasteiger partial charge in [0.05, 0.1) is 5.69 Å². The molecule has 0 fully saturated rings. The van der Waals surface area contributed by atoms with Crippen LogP contribution in [-0.2, 0) is 0 Å². The standard InChI is InChI=1S/C10H7ClN4/c11-9-8(6-12)10(13)14-15(9)7-4-2-1-3-5-7/h1-5H,(H2,13,14). The first kappa shape index (κ1) is 9.56. The predicted molar refractivity (Wildman–Crippen MR) is 57.7 cm³/mol. The molecule has 0 radical (unpaired) electrons. The molecule has 0 aliphatic carbocycles. The Bertz CT molecular complexity index is 524. The Kier molecular flexibility index (Phi) is 2.32. The van der Waals surface area contributed by atoms with Crippen molar-refractivity contribution in [3.63, 3.8) is 0 Å². The molecule has 4 nitrogen and oxygen atoms in total. The largest absolute Gasteiger partial charge is 0.381 e. The van der Waals surface area contributed by atoms with Crippen molar-refractivity contribution in [1.82, 2.24) is 9.78 Å². The SMILES string of the molecule is N#Cc1c(N)nn(-c2ccccc2)c1Cl. The van der Waals surface area contributed by atoms with Crippen molar-refractivity contribution in [2.45, 2.75) is 0 Å². The highest BCUT2D eigenvalue weighted by atomic mass is 35.5. The second-order valence-corrected chi connectivity index (χ2v) is 3.27. The third-order valence-electron chi connectivity index (χ3n) is 1.97. The van der Waals surface area contributed by atoms with E-state index in [4.69, 9.17) is 22.6 Å². The quantitative estimate of drug-likeness (QED) is 0.796. The van der Waals surface area contributed by atoms with E-state index in [0.717, 1.165) is 5.69 Å². The van der Waals surface area contributed by atoms with E-state index in [1.165, 1.54) is 4.68 Å². The third kappa shape index (κ3) is 1.53. The number of aromatic nitrogens is 2. The Hall–Kier alpha value is -1.99. The summed E-state index contributed by atoms with van der Waals surface area (Å²) in [5, 5.41) is 13.0. The second kappa shape index (κ2) is 3.64. The van der Waals surface area contributed by atoms with Gasteiger partial charge in [-0.2, -0.15) is 5.26 Å². The molecule has 0 atom stereocenters. The van der Waals surface area contributed by atoms with Gasteiger partial charge in [0.2, 0.25) is 0 Å². The molecular formula is C10H7ClN4. The van der Waals surface area contributed by atoms with Gasteiger partial charge in [0.25, 0.3) is 0 Å². The van der Waals surface area contributed by atoms with Crippen LogP contribution in [0.2, 0.25) is 5.15 Å². The normalized spacial score (nSPS) is 9.87. The van der Waals surface area contributed by atoms with Gasteiger partial charge < -0.3 is 5.73 Å². The minimum absolute atomic E-state index is 0.145. The van der Waals surface area contributed by atoms with E-state index in [2.05, 4.69) is 5.10 Å². The molecule has 74 valence electrons. The first-order valence-corrected chi connectivity index (χ1v) is 4.61. The number of rotatable bonds is 1. The molecule has 15 heavy (non-hydrogen) atoms. The Balaban J connectivity index is 2.62. The summed E-state index contributed by atoms with van der Waals surface area (Å²) in [5.74, 6) is 0.145. The van der Waals surface area contributed by atoms with Gasteiger partial charge in [0.1, 0.15) is 11.6 Å². The molecular weight excluding hydrogens is 212 g/mol. The molecule has 0 unspecified atom stereocenters. The van der Waals surface area contributed by atoms with E-state index in [9.17, 15) is 0 Å². The van der Waals surface area contributed by atoms with Crippen LogP contribution in [0.1, 0.15) is 5.56 Å². The summed E-state index contributed by atoms with van der Waals surface area (Å²) >= 11 is 5.96. The van der Waals surface area contributed by atoms with Gasteiger partial charge in [-0.25, -0.2) is 4.68 Å². The number of halogens is 1. The van der Waals surface area contributed by atoms with Crippen LogP contribution in [0.15, 0.2) is 30.3 Å². The lowest BCUT2D eigenvalue weighted by molar-refractivity contribution is 0.886. The van der Waals surface area contributed by atoms with E-state index in [1.54, 1.807) is 0 Å². The van der Waals surface area contributed by atoms with Gasteiger partial charge >= 0.3 is 0 Å². The fourth-order valence-electron chi connectivity index (χ4n) is 1.26. The van der Waals surface area contributed by atoms with Crippen molar-refractivity contribution >= 4 is 17.4 Å². The van der Waals surface area contributed by atoms with Crippen molar-refractivity contribution < 1.29 is 0 Å². The highest BCUT2D eigenvalue weighted by Crippen LogP contribution is 2.23. The number of nitrogen functional groups attached to an aromatic ring is 1. The van der Waals surface area contributed by atoms with Crippen molar-refractivity contribution in [2.24, 2.45) is 0 Å². The van der Waals surface area contributed by atoms with Gasteiger partial charge in [-0.15, -0.1) is 5.10 Å². The van der Waals surface area contributed by atoms with Crippen molar-refractivity contribution in [2.75, 3.05) is 5.73 Å². The van der Waals surface area contributed by atoms with Gasteiger partial charge in [0, 0.05) is 0 Å². The number of nitrogens with two attached hydrogens (primary N) is 1. The smallest absolute Gasteiger partial charge is 0.165 e. The summed E-state index contributed by atoms with van der Waals surface area (Å²) in [4.78, 5) is 0. The average Bonchev–Trinajstić information content (AvgIpc) is 2.55. The minimum atomic E-state index is 0.145. The Morgan fingerprint density at radius 2 is 2.00 bits per heavy atom. The van der Waals surface area contributed by atoms with Crippen molar-refractivity contribution in [3.8, 4) is 11.8 Å². The fourth-order valence-corrected chi connectivity index (χ4v) is 1.53. The summed E-state index contributed by atoms with van der Waals surface area (Å²) in [6.07, 6.45) is 0. The lowest BCUT2D eigenvalue weighted by atomic mass is 10.3. The molecule has 1 heterocycles. The van der Waals surface area contributed by atoms with Crippen LogP contribution in [0.3, 0.4) is 0 Å². The van der Waals surface area contributed by atoms with Crippen LogP contribution >= 0.6 is 11.6 Å². The number of para-hydroxylation sites is 1. The molecule has 0 saturated heterocycles. The Morgan fingerprint density at radius 1 is 1.33 bits per heavy atom. The van der Waals surface area contributed by atoms with Crippen LogP contribution in [0, 0.1) is 11.3 Å². The van der Waals surface area contributed by atoms with Crippen LogP contribution in [0.5, 0.6) is 0 Å². The molecule has 0 spiro atoms. The molecule has 0 saturated carbocycles. The number of nitrogens with zero attached hydrogens (tertiary/aromatic N) is 3. The molecule has 1 aromatic heterocycles. The predicted octanol–water partition coefficient (Wildman–Crippen LogP) is 1.98.